The molecule has 0 fully saturated rings. The highest BCUT2D eigenvalue weighted by Crippen LogP contribution is 2.40. The molecule has 1 amide bonds. The second kappa shape index (κ2) is 8.35. The molecule has 0 radical (unpaired) electrons. The molecule has 31 heavy (non-hydrogen) atoms. The summed E-state index contributed by atoms with van der Waals surface area (Å²) >= 11 is 0. The van der Waals surface area contributed by atoms with Crippen molar-refractivity contribution in [1.82, 2.24) is 9.80 Å². The van der Waals surface area contributed by atoms with E-state index in [0.29, 0.717) is 18.5 Å². The first-order chi connectivity index (χ1) is 14.9. The van der Waals surface area contributed by atoms with Crippen molar-refractivity contribution < 1.29 is 23.5 Å². The zero-order chi connectivity index (χ0) is 22.1. The lowest BCUT2D eigenvalue weighted by atomic mass is 9.94. The summed E-state index contributed by atoms with van der Waals surface area (Å²) in [6.07, 6.45) is 0.600. The van der Waals surface area contributed by atoms with E-state index in [0.717, 1.165) is 5.39 Å². The van der Waals surface area contributed by atoms with Crippen LogP contribution in [0.1, 0.15) is 28.6 Å². The summed E-state index contributed by atoms with van der Waals surface area (Å²) in [6, 6.07) is 13.6. The minimum atomic E-state index is -1.03. The SMILES string of the molecule is CN(C)CCCN1C(=O)C(O)=C(C(=O)c2cc3ccccc3o2)[C@H]1c1ccccc1F. The molecule has 0 saturated heterocycles. The number of rotatable bonds is 7. The number of aliphatic hydroxyl groups excluding tert-OH is 1. The van der Waals surface area contributed by atoms with Crippen molar-refractivity contribution in [2.24, 2.45) is 0 Å². The predicted molar refractivity (Wildman–Crippen MR) is 114 cm³/mol. The quantitative estimate of drug-likeness (QED) is 0.581. The zero-order valence-corrected chi connectivity index (χ0v) is 17.3. The van der Waals surface area contributed by atoms with Gasteiger partial charge in [0.25, 0.3) is 5.91 Å². The van der Waals surface area contributed by atoms with Gasteiger partial charge in [0, 0.05) is 17.5 Å². The molecule has 0 unspecified atom stereocenters. The Morgan fingerprint density at radius 2 is 1.87 bits per heavy atom. The van der Waals surface area contributed by atoms with Crippen LogP contribution < -0.4 is 0 Å². The lowest BCUT2D eigenvalue weighted by Gasteiger charge is -2.27. The van der Waals surface area contributed by atoms with Crippen LogP contribution in [0.2, 0.25) is 0 Å². The Morgan fingerprint density at radius 3 is 2.58 bits per heavy atom. The fourth-order valence-corrected chi connectivity index (χ4v) is 3.92. The third kappa shape index (κ3) is 3.84. The van der Waals surface area contributed by atoms with Crippen molar-refractivity contribution in [3.63, 3.8) is 0 Å². The van der Waals surface area contributed by atoms with Gasteiger partial charge in [-0.15, -0.1) is 0 Å². The Balaban J connectivity index is 1.76. The van der Waals surface area contributed by atoms with Gasteiger partial charge in [0.15, 0.2) is 11.5 Å². The lowest BCUT2D eigenvalue weighted by molar-refractivity contribution is -0.129. The third-order valence-corrected chi connectivity index (χ3v) is 5.40. The minimum absolute atomic E-state index is 0.00738. The van der Waals surface area contributed by atoms with Gasteiger partial charge in [0.05, 0.1) is 11.6 Å². The summed E-state index contributed by atoms with van der Waals surface area (Å²) in [5.74, 6) is -2.55. The number of hydrogen-bond donors (Lipinski definition) is 1. The molecule has 0 spiro atoms. The Labute approximate surface area is 179 Å². The van der Waals surface area contributed by atoms with Crippen LogP contribution >= 0.6 is 0 Å². The Kier molecular flexibility index (Phi) is 5.61. The van der Waals surface area contributed by atoms with Gasteiger partial charge in [-0.3, -0.25) is 9.59 Å². The topological polar surface area (TPSA) is 74.0 Å². The van der Waals surface area contributed by atoms with Gasteiger partial charge in [-0.25, -0.2) is 4.39 Å². The third-order valence-electron chi connectivity index (χ3n) is 5.40. The number of fused-ring (bicyclic) bond motifs is 1. The van der Waals surface area contributed by atoms with E-state index in [1.54, 1.807) is 30.3 Å². The number of carbonyl (C=O) groups excluding carboxylic acids is 2. The first-order valence-electron chi connectivity index (χ1n) is 10.0. The van der Waals surface area contributed by atoms with Gasteiger partial charge in [-0.2, -0.15) is 0 Å². The van der Waals surface area contributed by atoms with Crippen molar-refractivity contribution in [1.29, 1.82) is 0 Å². The van der Waals surface area contributed by atoms with Crippen LogP contribution in [0.3, 0.4) is 0 Å². The van der Waals surface area contributed by atoms with Gasteiger partial charge in [0.2, 0.25) is 5.78 Å². The van der Waals surface area contributed by atoms with Gasteiger partial charge in [-0.1, -0.05) is 36.4 Å². The number of aliphatic hydroxyl groups is 1. The fraction of sp³-hybridized carbons (Fsp3) is 0.250. The summed E-state index contributed by atoms with van der Waals surface area (Å²) in [6.45, 7) is 0.957. The molecule has 6 nitrogen and oxygen atoms in total. The second-order valence-corrected chi connectivity index (χ2v) is 7.82. The number of amides is 1. The first-order valence-corrected chi connectivity index (χ1v) is 10.0. The summed E-state index contributed by atoms with van der Waals surface area (Å²) < 4.78 is 20.4. The van der Waals surface area contributed by atoms with Gasteiger partial charge < -0.3 is 19.3 Å². The Morgan fingerprint density at radius 1 is 1.16 bits per heavy atom. The summed E-state index contributed by atoms with van der Waals surface area (Å²) in [4.78, 5) is 29.6. The number of para-hydroxylation sites is 1. The van der Waals surface area contributed by atoms with Crippen molar-refractivity contribution >= 4 is 22.7 Å². The number of Topliss-reactive ketones (excluding diaryl/α,β-unsaturated/α-hetero) is 1. The molecule has 4 rings (SSSR count). The van der Waals surface area contributed by atoms with Crippen molar-refractivity contribution in [3.8, 4) is 0 Å². The molecule has 3 aromatic rings. The molecule has 1 aliphatic rings. The number of halogens is 1. The summed E-state index contributed by atoms with van der Waals surface area (Å²) in [5, 5.41) is 11.4. The number of benzene rings is 2. The van der Waals surface area contributed by atoms with Crippen LogP contribution in [0.25, 0.3) is 11.0 Å². The van der Waals surface area contributed by atoms with Crippen molar-refractivity contribution in [3.05, 3.63) is 83.1 Å². The molecule has 160 valence electrons. The highest BCUT2D eigenvalue weighted by atomic mass is 19.1. The highest BCUT2D eigenvalue weighted by molar-refractivity contribution is 6.16. The average Bonchev–Trinajstić information content (AvgIpc) is 3.28. The van der Waals surface area contributed by atoms with Gasteiger partial charge >= 0.3 is 0 Å². The van der Waals surface area contributed by atoms with Crippen LogP contribution in [-0.4, -0.2) is 53.8 Å². The molecule has 1 aliphatic heterocycles. The van der Waals surface area contributed by atoms with Gasteiger partial charge in [-0.05, 0) is 45.3 Å². The summed E-state index contributed by atoms with van der Waals surface area (Å²) in [7, 11) is 3.82. The smallest absolute Gasteiger partial charge is 0.290 e. The molecular formula is C24H23FN2O4. The number of ketones is 1. The number of carbonyl (C=O) groups is 2. The molecule has 0 saturated carbocycles. The normalized spacial score (nSPS) is 16.7. The number of furan rings is 1. The zero-order valence-electron chi connectivity index (χ0n) is 17.3. The molecule has 1 aromatic heterocycles. The van der Waals surface area contributed by atoms with E-state index in [4.69, 9.17) is 4.42 Å². The van der Waals surface area contributed by atoms with E-state index < -0.39 is 29.3 Å². The maximum atomic E-state index is 14.7. The molecular weight excluding hydrogens is 399 g/mol. The number of nitrogens with zero attached hydrogens (tertiary/aromatic N) is 2. The molecule has 1 atom stereocenters. The lowest BCUT2D eigenvalue weighted by Crippen LogP contribution is -2.34. The van der Waals surface area contributed by atoms with Crippen LogP contribution in [-0.2, 0) is 4.79 Å². The monoisotopic (exact) mass is 422 g/mol. The highest BCUT2D eigenvalue weighted by Gasteiger charge is 2.45. The fourth-order valence-electron chi connectivity index (χ4n) is 3.92. The van der Waals surface area contributed by atoms with Crippen LogP contribution in [0.15, 0.2) is 70.3 Å². The largest absolute Gasteiger partial charge is 0.503 e. The van der Waals surface area contributed by atoms with Gasteiger partial charge in [0.1, 0.15) is 11.4 Å². The van der Waals surface area contributed by atoms with E-state index in [9.17, 15) is 19.1 Å². The van der Waals surface area contributed by atoms with E-state index in [1.807, 2.05) is 25.1 Å². The molecule has 2 aromatic carbocycles. The van der Waals surface area contributed by atoms with E-state index in [2.05, 4.69) is 0 Å². The molecule has 1 N–H and O–H groups in total. The van der Waals surface area contributed by atoms with Crippen LogP contribution in [0, 0.1) is 5.82 Å². The Hall–Kier alpha value is -3.45. The standard InChI is InChI=1S/C24H23FN2O4/c1-26(2)12-7-13-27-21(16-9-4-5-10-17(16)25)20(23(29)24(27)30)22(28)19-14-15-8-3-6-11-18(15)31-19/h3-6,8-11,14,21,29H,7,12-13H2,1-2H3/t21-/m1/s1. The molecule has 0 aliphatic carbocycles. The number of hydrogen-bond acceptors (Lipinski definition) is 5. The Bertz CT molecular complexity index is 1150. The van der Waals surface area contributed by atoms with Crippen LogP contribution in [0.5, 0.6) is 0 Å². The molecule has 7 heteroatoms. The van der Waals surface area contributed by atoms with Crippen molar-refractivity contribution in [2.75, 3.05) is 27.2 Å². The van der Waals surface area contributed by atoms with E-state index >= 15 is 0 Å². The van der Waals surface area contributed by atoms with E-state index in [-0.39, 0.29) is 23.4 Å². The van der Waals surface area contributed by atoms with Crippen LogP contribution in [0.4, 0.5) is 4.39 Å². The second-order valence-electron chi connectivity index (χ2n) is 7.82. The average molecular weight is 422 g/mol. The minimum Gasteiger partial charge on any atom is -0.503 e. The molecule has 0 bridgehead atoms. The molecule has 2 heterocycles. The van der Waals surface area contributed by atoms with E-state index in [1.165, 1.54) is 23.1 Å². The maximum absolute atomic E-state index is 14.7. The maximum Gasteiger partial charge on any atom is 0.290 e. The summed E-state index contributed by atoms with van der Waals surface area (Å²) in [5.41, 5.74) is 0.503. The van der Waals surface area contributed by atoms with Crippen molar-refractivity contribution in [2.45, 2.75) is 12.5 Å². The predicted octanol–water partition coefficient (Wildman–Crippen LogP) is 4.10. The first kappa shape index (κ1) is 20.8.